The summed E-state index contributed by atoms with van der Waals surface area (Å²) < 4.78 is 1.77. The Labute approximate surface area is 199 Å². The van der Waals surface area contributed by atoms with Gasteiger partial charge in [0, 0.05) is 22.1 Å². The summed E-state index contributed by atoms with van der Waals surface area (Å²) in [4.78, 5) is 24.5. The molecule has 3 amide bonds. The minimum Gasteiger partial charge on any atom is -0.325 e. The Bertz CT molecular complexity index is 1250. The third-order valence-corrected chi connectivity index (χ3v) is 5.57. The van der Waals surface area contributed by atoms with Crippen LogP contribution in [-0.2, 0) is 4.79 Å². The number of rotatable bonds is 7. The van der Waals surface area contributed by atoms with Crippen LogP contribution in [0.25, 0.3) is 5.69 Å². The van der Waals surface area contributed by atoms with E-state index in [1.807, 2.05) is 30.3 Å². The summed E-state index contributed by atoms with van der Waals surface area (Å²) in [5.41, 5.74) is 2.73. The lowest BCUT2D eigenvalue weighted by atomic mass is 10.3. The molecule has 0 saturated carbocycles. The number of hydrogen-bond acceptors (Lipinski definition) is 5. The first-order valence-electron chi connectivity index (χ1n) is 9.88. The number of nitrogens with zero attached hydrogens (tertiary/aromatic N) is 3. The number of carbonyl (C=O) groups excluding carboxylic acids is 2. The van der Waals surface area contributed by atoms with Crippen LogP contribution >= 0.6 is 23.4 Å². The van der Waals surface area contributed by atoms with Gasteiger partial charge in [-0.1, -0.05) is 47.6 Å². The molecular weight excluding hydrogens is 460 g/mol. The number of nitrogens with one attached hydrogen (secondary N) is 3. The number of halogens is 1. The van der Waals surface area contributed by atoms with E-state index in [-0.39, 0.29) is 17.7 Å². The fourth-order valence-electron chi connectivity index (χ4n) is 2.90. The van der Waals surface area contributed by atoms with Crippen molar-refractivity contribution in [3.63, 3.8) is 0 Å². The van der Waals surface area contributed by atoms with Gasteiger partial charge >= 0.3 is 6.03 Å². The third-order valence-electron chi connectivity index (χ3n) is 4.39. The average Bonchev–Trinajstić information content (AvgIpc) is 3.28. The molecule has 33 heavy (non-hydrogen) atoms. The zero-order chi connectivity index (χ0) is 23.0. The monoisotopic (exact) mass is 478 g/mol. The van der Waals surface area contributed by atoms with E-state index in [4.69, 9.17) is 11.6 Å². The van der Waals surface area contributed by atoms with E-state index in [1.54, 1.807) is 59.4 Å². The smallest absolute Gasteiger partial charge is 0.323 e. The van der Waals surface area contributed by atoms with Crippen molar-refractivity contribution in [1.82, 2.24) is 14.8 Å². The summed E-state index contributed by atoms with van der Waals surface area (Å²) in [6.45, 7) is 0. The van der Waals surface area contributed by atoms with Gasteiger partial charge in [0.1, 0.15) is 6.33 Å². The molecule has 10 heteroatoms. The molecule has 4 aromatic rings. The second-order valence-electron chi connectivity index (χ2n) is 6.82. The molecule has 0 aliphatic heterocycles. The summed E-state index contributed by atoms with van der Waals surface area (Å²) in [6.07, 6.45) is 1.57. The number of aromatic nitrogens is 3. The highest BCUT2D eigenvalue weighted by Crippen LogP contribution is 2.22. The molecule has 1 heterocycles. The molecule has 0 unspecified atom stereocenters. The van der Waals surface area contributed by atoms with Crippen molar-refractivity contribution in [3.05, 3.63) is 90.2 Å². The fourth-order valence-corrected chi connectivity index (χ4v) is 3.82. The van der Waals surface area contributed by atoms with Crippen LogP contribution < -0.4 is 16.0 Å². The van der Waals surface area contributed by atoms with Crippen LogP contribution in [0.4, 0.5) is 21.9 Å². The third kappa shape index (κ3) is 6.34. The first kappa shape index (κ1) is 22.4. The van der Waals surface area contributed by atoms with Crippen LogP contribution in [0.5, 0.6) is 0 Å². The number of anilines is 3. The van der Waals surface area contributed by atoms with E-state index in [0.717, 1.165) is 5.69 Å². The minimum absolute atomic E-state index is 0.152. The van der Waals surface area contributed by atoms with E-state index in [1.165, 1.54) is 11.8 Å². The summed E-state index contributed by atoms with van der Waals surface area (Å²) in [5, 5.41) is 17.5. The first-order chi connectivity index (χ1) is 16.1. The maximum absolute atomic E-state index is 12.4. The van der Waals surface area contributed by atoms with Crippen molar-refractivity contribution in [2.45, 2.75) is 5.16 Å². The van der Waals surface area contributed by atoms with Gasteiger partial charge in [-0.2, -0.15) is 0 Å². The Morgan fingerprint density at radius 3 is 2.21 bits per heavy atom. The average molecular weight is 479 g/mol. The van der Waals surface area contributed by atoms with Crippen molar-refractivity contribution < 1.29 is 9.59 Å². The number of hydrogen-bond donors (Lipinski definition) is 3. The normalized spacial score (nSPS) is 10.5. The number of benzene rings is 3. The van der Waals surface area contributed by atoms with Gasteiger partial charge in [0.25, 0.3) is 0 Å². The molecule has 0 saturated heterocycles. The van der Waals surface area contributed by atoms with Crippen molar-refractivity contribution in [2.75, 3.05) is 21.7 Å². The zero-order valence-electron chi connectivity index (χ0n) is 17.2. The summed E-state index contributed by atoms with van der Waals surface area (Å²) in [5.74, 6) is -0.0400. The van der Waals surface area contributed by atoms with Gasteiger partial charge < -0.3 is 16.0 Å². The topological polar surface area (TPSA) is 101 Å². The molecule has 166 valence electrons. The summed E-state index contributed by atoms with van der Waals surface area (Å²) in [6, 6.07) is 23.0. The maximum atomic E-state index is 12.4. The van der Waals surface area contributed by atoms with E-state index in [9.17, 15) is 9.59 Å². The Morgan fingerprint density at radius 1 is 0.848 bits per heavy atom. The van der Waals surface area contributed by atoms with Crippen molar-refractivity contribution >= 4 is 52.4 Å². The van der Waals surface area contributed by atoms with E-state index >= 15 is 0 Å². The Kier molecular flexibility index (Phi) is 7.23. The van der Waals surface area contributed by atoms with Gasteiger partial charge in [0.05, 0.1) is 11.4 Å². The van der Waals surface area contributed by atoms with Gasteiger partial charge in [-0.15, -0.1) is 10.2 Å². The predicted molar refractivity (Wildman–Crippen MR) is 131 cm³/mol. The Morgan fingerprint density at radius 2 is 1.52 bits per heavy atom. The molecule has 3 N–H and O–H groups in total. The standard InChI is InChI=1S/C23H19ClN6O2S/c24-16-5-4-8-20(13-16)30-15-25-29-23(30)33-14-21(31)26-18-9-11-19(12-10-18)28-22(32)27-17-6-2-1-3-7-17/h1-13,15H,14H2,(H,26,31)(H2,27,28,32). The lowest BCUT2D eigenvalue weighted by molar-refractivity contribution is -0.113. The molecule has 0 spiro atoms. The van der Waals surface area contributed by atoms with Gasteiger partial charge in [0.2, 0.25) is 5.91 Å². The van der Waals surface area contributed by atoms with Crippen LogP contribution in [0.1, 0.15) is 0 Å². The van der Waals surface area contributed by atoms with E-state index < -0.39 is 0 Å². The molecule has 0 atom stereocenters. The summed E-state index contributed by atoms with van der Waals surface area (Å²) in [7, 11) is 0. The molecule has 4 rings (SSSR count). The van der Waals surface area contributed by atoms with Crippen molar-refractivity contribution in [1.29, 1.82) is 0 Å². The number of thioether (sulfide) groups is 1. The minimum atomic E-state index is -0.349. The highest BCUT2D eigenvalue weighted by atomic mass is 35.5. The molecule has 0 fully saturated rings. The second kappa shape index (κ2) is 10.7. The van der Waals surface area contributed by atoms with E-state index in [0.29, 0.717) is 27.2 Å². The number of urea groups is 1. The summed E-state index contributed by atoms with van der Waals surface area (Å²) >= 11 is 7.32. The number of carbonyl (C=O) groups is 2. The van der Waals surface area contributed by atoms with Gasteiger partial charge in [-0.3, -0.25) is 9.36 Å². The van der Waals surface area contributed by atoms with Crippen molar-refractivity contribution in [3.8, 4) is 5.69 Å². The Balaban J connectivity index is 1.28. The van der Waals surface area contributed by atoms with Crippen LogP contribution in [0.2, 0.25) is 5.02 Å². The van der Waals surface area contributed by atoms with Crippen LogP contribution in [0, 0.1) is 0 Å². The number of amides is 3. The van der Waals surface area contributed by atoms with Gasteiger partial charge in [-0.05, 0) is 54.6 Å². The first-order valence-corrected chi connectivity index (χ1v) is 11.2. The fraction of sp³-hybridized carbons (Fsp3) is 0.0435. The van der Waals surface area contributed by atoms with Gasteiger partial charge in [0.15, 0.2) is 5.16 Å². The molecule has 0 bridgehead atoms. The molecule has 0 aliphatic carbocycles. The highest BCUT2D eigenvalue weighted by molar-refractivity contribution is 7.99. The SMILES string of the molecule is O=C(CSc1nncn1-c1cccc(Cl)c1)Nc1ccc(NC(=O)Nc2ccccc2)cc1. The molecule has 3 aromatic carbocycles. The highest BCUT2D eigenvalue weighted by Gasteiger charge is 2.11. The second-order valence-corrected chi connectivity index (χ2v) is 8.20. The molecule has 1 aromatic heterocycles. The van der Waals surface area contributed by atoms with Crippen LogP contribution in [0.15, 0.2) is 90.3 Å². The zero-order valence-corrected chi connectivity index (χ0v) is 18.8. The van der Waals surface area contributed by atoms with E-state index in [2.05, 4.69) is 26.1 Å². The van der Waals surface area contributed by atoms with Crippen LogP contribution in [0.3, 0.4) is 0 Å². The molecule has 8 nitrogen and oxygen atoms in total. The van der Waals surface area contributed by atoms with Gasteiger partial charge in [-0.25, -0.2) is 4.79 Å². The van der Waals surface area contributed by atoms with Crippen LogP contribution in [-0.4, -0.2) is 32.5 Å². The quantitative estimate of drug-likeness (QED) is 0.313. The molecule has 0 aliphatic rings. The lowest BCUT2D eigenvalue weighted by Crippen LogP contribution is -2.19. The Hall–Kier alpha value is -3.82. The maximum Gasteiger partial charge on any atom is 0.323 e. The number of para-hydroxylation sites is 1. The van der Waals surface area contributed by atoms with Crippen molar-refractivity contribution in [2.24, 2.45) is 0 Å². The largest absolute Gasteiger partial charge is 0.325 e. The molecule has 0 radical (unpaired) electrons. The molecular formula is C23H19ClN6O2S. The predicted octanol–water partition coefficient (Wildman–Crippen LogP) is 5.30. The lowest BCUT2D eigenvalue weighted by Gasteiger charge is -2.09.